The number of ether oxygens (including phenoxy) is 1. The van der Waals surface area contributed by atoms with E-state index in [-0.39, 0.29) is 5.82 Å². The second-order valence-corrected chi connectivity index (χ2v) is 4.77. The quantitative estimate of drug-likeness (QED) is 0.749. The van der Waals surface area contributed by atoms with E-state index in [1.54, 1.807) is 13.2 Å². The van der Waals surface area contributed by atoms with Crippen LogP contribution in [0.25, 0.3) is 0 Å². The van der Waals surface area contributed by atoms with Crippen LogP contribution in [0.4, 0.5) is 4.39 Å². The number of methoxy groups -OCH3 is 1. The summed E-state index contributed by atoms with van der Waals surface area (Å²) in [5.41, 5.74) is 1.59. The number of hydrogen-bond acceptors (Lipinski definition) is 1. The largest absolute Gasteiger partial charge is 0.364 e. The maximum Gasteiger partial charge on any atom is 0.144 e. The number of rotatable bonds is 2. The van der Waals surface area contributed by atoms with Gasteiger partial charge < -0.3 is 4.74 Å². The zero-order valence-electron chi connectivity index (χ0n) is 10.4. The van der Waals surface area contributed by atoms with Crippen molar-refractivity contribution in [1.82, 2.24) is 0 Å². The Balaban J connectivity index is 2.31. The first-order chi connectivity index (χ1) is 9.20. The van der Waals surface area contributed by atoms with E-state index in [0.717, 1.165) is 10.0 Å². The van der Waals surface area contributed by atoms with Gasteiger partial charge in [-0.2, -0.15) is 0 Å². The minimum atomic E-state index is -0.467. The molecule has 96 valence electrons. The van der Waals surface area contributed by atoms with E-state index in [0.29, 0.717) is 5.56 Å². The molecule has 0 saturated heterocycles. The highest BCUT2D eigenvalue weighted by atomic mass is 79.9. The summed E-state index contributed by atoms with van der Waals surface area (Å²) in [5.74, 6) is 5.72. The van der Waals surface area contributed by atoms with E-state index < -0.39 is 6.10 Å². The molecule has 0 spiro atoms. The van der Waals surface area contributed by atoms with Crippen molar-refractivity contribution in [1.29, 1.82) is 0 Å². The molecule has 2 aromatic rings. The summed E-state index contributed by atoms with van der Waals surface area (Å²) < 4.78 is 19.4. The van der Waals surface area contributed by atoms with Gasteiger partial charge in [-0.05, 0) is 30.3 Å². The standard InChI is InChI=1S/C16H12BrFO/c1-19-16(10-7-12-5-3-2-4-6-12)14-11-13(18)8-9-15(14)17/h2-6,8-9,11,16H,1H3. The fourth-order valence-electron chi connectivity index (χ4n) is 1.65. The lowest BCUT2D eigenvalue weighted by Gasteiger charge is -2.11. The SMILES string of the molecule is COC(C#Cc1ccccc1)c1cc(F)ccc1Br. The Kier molecular flexibility index (Phi) is 4.73. The molecule has 0 aromatic heterocycles. The normalized spacial score (nSPS) is 11.5. The zero-order valence-corrected chi connectivity index (χ0v) is 11.9. The second-order valence-electron chi connectivity index (χ2n) is 3.92. The maximum atomic E-state index is 13.3. The van der Waals surface area contributed by atoms with E-state index in [1.807, 2.05) is 30.3 Å². The van der Waals surface area contributed by atoms with Gasteiger partial charge in [-0.3, -0.25) is 0 Å². The first kappa shape index (κ1) is 13.8. The summed E-state index contributed by atoms with van der Waals surface area (Å²) in [4.78, 5) is 0. The van der Waals surface area contributed by atoms with E-state index >= 15 is 0 Å². The predicted molar refractivity (Wildman–Crippen MR) is 77.2 cm³/mol. The molecule has 0 heterocycles. The van der Waals surface area contributed by atoms with E-state index in [4.69, 9.17) is 4.74 Å². The highest BCUT2D eigenvalue weighted by molar-refractivity contribution is 9.10. The maximum absolute atomic E-state index is 13.3. The van der Waals surface area contributed by atoms with Crippen LogP contribution in [0.15, 0.2) is 53.0 Å². The van der Waals surface area contributed by atoms with Gasteiger partial charge in [0, 0.05) is 22.7 Å². The highest BCUT2D eigenvalue weighted by Gasteiger charge is 2.12. The molecule has 0 radical (unpaired) electrons. The molecule has 0 bridgehead atoms. The van der Waals surface area contributed by atoms with Crippen molar-refractivity contribution in [3.8, 4) is 11.8 Å². The molecular formula is C16H12BrFO. The van der Waals surface area contributed by atoms with Crippen molar-refractivity contribution < 1.29 is 9.13 Å². The van der Waals surface area contributed by atoms with Crippen LogP contribution in [-0.2, 0) is 4.74 Å². The molecular weight excluding hydrogens is 307 g/mol. The zero-order chi connectivity index (χ0) is 13.7. The van der Waals surface area contributed by atoms with Crippen molar-refractivity contribution in [3.63, 3.8) is 0 Å². The van der Waals surface area contributed by atoms with Crippen LogP contribution >= 0.6 is 15.9 Å². The molecule has 0 aliphatic rings. The van der Waals surface area contributed by atoms with Gasteiger partial charge in [-0.1, -0.05) is 46.0 Å². The van der Waals surface area contributed by atoms with Crippen molar-refractivity contribution in [2.75, 3.05) is 7.11 Å². The highest BCUT2D eigenvalue weighted by Crippen LogP contribution is 2.26. The topological polar surface area (TPSA) is 9.23 Å². The predicted octanol–water partition coefficient (Wildman–Crippen LogP) is 4.33. The molecule has 1 unspecified atom stereocenters. The number of benzene rings is 2. The van der Waals surface area contributed by atoms with Gasteiger partial charge in [0.25, 0.3) is 0 Å². The first-order valence-corrected chi connectivity index (χ1v) is 6.54. The Morgan fingerprint density at radius 3 is 2.58 bits per heavy atom. The fourth-order valence-corrected chi connectivity index (χ4v) is 2.10. The van der Waals surface area contributed by atoms with Crippen molar-refractivity contribution in [3.05, 3.63) is 69.9 Å². The second kappa shape index (κ2) is 6.51. The third-order valence-electron chi connectivity index (χ3n) is 2.60. The molecule has 1 atom stereocenters. The van der Waals surface area contributed by atoms with E-state index in [2.05, 4.69) is 27.8 Å². The molecule has 19 heavy (non-hydrogen) atoms. The van der Waals surface area contributed by atoms with E-state index in [9.17, 15) is 4.39 Å². The average Bonchev–Trinajstić information content (AvgIpc) is 2.44. The first-order valence-electron chi connectivity index (χ1n) is 5.75. The van der Waals surface area contributed by atoms with Crippen molar-refractivity contribution in [2.45, 2.75) is 6.10 Å². The van der Waals surface area contributed by atoms with Crippen molar-refractivity contribution in [2.24, 2.45) is 0 Å². The van der Waals surface area contributed by atoms with Gasteiger partial charge in [0.2, 0.25) is 0 Å². The van der Waals surface area contributed by atoms with Crippen LogP contribution in [0, 0.1) is 17.7 Å². The summed E-state index contributed by atoms with van der Waals surface area (Å²) in [7, 11) is 1.56. The van der Waals surface area contributed by atoms with Gasteiger partial charge in [-0.25, -0.2) is 4.39 Å². The lowest BCUT2D eigenvalue weighted by molar-refractivity contribution is 0.149. The van der Waals surface area contributed by atoms with Gasteiger partial charge in [0.15, 0.2) is 0 Å². The number of halogens is 2. The van der Waals surface area contributed by atoms with Gasteiger partial charge in [-0.15, -0.1) is 0 Å². The molecule has 0 aliphatic heterocycles. The van der Waals surface area contributed by atoms with E-state index in [1.165, 1.54) is 12.1 Å². The summed E-state index contributed by atoms with van der Waals surface area (Å²) in [6.45, 7) is 0. The van der Waals surface area contributed by atoms with Crippen LogP contribution in [0.3, 0.4) is 0 Å². The third kappa shape index (κ3) is 3.66. The van der Waals surface area contributed by atoms with Gasteiger partial charge in [0.1, 0.15) is 11.9 Å². The Hall–Kier alpha value is -1.63. The Morgan fingerprint density at radius 1 is 1.16 bits per heavy atom. The summed E-state index contributed by atoms with van der Waals surface area (Å²) >= 11 is 3.38. The Labute approximate surface area is 120 Å². The molecule has 2 rings (SSSR count). The monoisotopic (exact) mass is 318 g/mol. The van der Waals surface area contributed by atoms with Crippen LogP contribution in [-0.4, -0.2) is 7.11 Å². The minimum absolute atomic E-state index is 0.304. The molecule has 1 nitrogen and oxygen atoms in total. The van der Waals surface area contributed by atoms with Crippen LogP contribution < -0.4 is 0 Å². The third-order valence-corrected chi connectivity index (χ3v) is 3.32. The summed E-state index contributed by atoms with van der Waals surface area (Å²) in [5, 5.41) is 0. The molecule has 0 N–H and O–H groups in total. The molecule has 2 aromatic carbocycles. The molecule has 3 heteroatoms. The van der Waals surface area contributed by atoms with Gasteiger partial charge in [0.05, 0.1) is 0 Å². The molecule has 0 amide bonds. The fraction of sp³-hybridized carbons (Fsp3) is 0.125. The van der Waals surface area contributed by atoms with Crippen LogP contribution in [0.2, 0.25) is 0 Å². The lowest BCUT2D eigenvalue weighted by atomic mass is 10.1. The van der Waals surface area contributed by atoms with Gasteiger partial charge >= 0.3 is 0 Å². The Bertz CT molecular complexity index is 614. The van der Waals surface area contributed by atoms with Crippen LogP contribution in [0.5, 0.6) is 0 Å². The Morgan fingerprint density at radius 2 is 1.89 bits per heavy atom. The summed E-state index contributed by atoms with van der Waals surface area (Å²) in [6.07, 6.45) is -0.467. The lowest BCUT2D eigenvalue weighted by Crippen LogP contribution is -2.00. The smallest absolute Gasteiger partial charge is 0.144 e. The summed E-state index contributed by atoms with van der Waals surface area (Å²) in [6, 6.07) is 14.1. The van der Waals surface area contributed by atoms with Crippen molar-refractivity contribution >= 4 is 15.9 Å². The average molecular weight is 319 g/mol. The minimum Gasteiger partial charge on any atom is -0.364 e. The molecule has 0 saturated carbocycles. The molecule has 0 aliphatic carbocycles. The van der Waals surface area contributed by atoms with Crippen LogP contribution in [0.1, 0.15) is 17.2 Å². The molecule has 0 fully saturated rings. The number of hydrogen-bond donors (Lipinski definition) is 0.